The van der Waals surface area contributed by atoms with Crippen LogP contribution in [0.4, 0.5) is 13.2 Å². The summed E-state index contributed by atoms with van der Waals surface area (Å²) in [6, 6.07) is 11.4. The van der Waals surface area contributed by atoms with Crippen LogP contribution in [0.2, 0.25) is 0 Å². The number of alkyl halides is 3. The zero-order valence-corrected chi connectivity index (χ0v) is 20.8. The number of methoxy groups -OCH3 is 1. The van der Waals surface area contributed by atoms with E-state index in [1.54, 1.807) is 24.3 Å². The van der Waals surface area contributed by atoms with Gasteiger partial charge in [-0.1, -0.05) is 18.2 Å². The van der Waals surface area contributed by atoms with Crippen LogP contribution in [-0.4, -0.2) is 61.8 Å². The zero-order chi connectivity index (χ0) is 26.6. The molecule has 2 saturated heterocycles. The van der Waals surface area contributed by atoms with Crippen molar-refractivity contribution in [2.45, 2.75) is 50.0 Å². The fourth-order valence-corrected chi connectivity index (χ4v) is 4.99. The van der Waals surface area contributed by atoms with Crippen LogP contribution in [0.25, 0.3) is 0 Å². The van der Waals surface area contributed by atoms with Crippen molar-refractivity contribution in [1.29, 1.82) is 0 Å². The summed E-state index contributed by atoms with van der Waals surface area (Å²) in [7, 11) is 1.32. The van der Waals surface area contributed by atoms with Crippen LogP contribution in [-0.2, 0) is 20.4 Å². The van der Waals surface area contributed by atoms with Crippen LogP contribution >= 0.6 is 0 Å². The Morgan fingerprint density at radius 1 is 1.14 bits per heavy atom. The van der Waals surface area contributed by atoms with E-state index in [9.17, 15) is 22.8 Å². The largest absolute Gasteiger partial charge is 0.489 e. The van der Waals surface area contributed by atoms with Crippen molar-refractivity contribution in [2.24, 2.45) is 0 Å². The standard InChI is InChI=1S/C27H31F3N2O5/c1-18(19-6-8-20(9-7-19)24(33)35-2)31-25(34)26(11-14-36-15-12-26)32-13-10-23(17-32)37-22-5-3-4-21(16-22)27(28,29)30/h3-9,16,18,23H,10-15,17H2,1-2H3,(H,31,34)/t18?,23-/m1/s1. The van der Waals surface area contributed by atoms with E-state index in [-0.39, 0.29) is 23.8 Å². The molecule has 1 unspecified atom stereocenters. The third-order valence-corrected chi connectivity index (χ3v) is 7.14. The molecule has 2 heterocycles. The van der Waals surface area contributed by atoms with E-state index in [4.69, 9.17) is 14.2 Å². The van der Waals surface area contributed by atoms with Gasteiger partial charge in [0.1, 0.15) is 17.4 Å². The Kier molecular flexibility index (Phi) is 8.08. The third-order valence-electron chi connectivity index (χ3n) is 7.14. The summed E-state index contributed by atoms with van der Waals surface area (Å²) in [5.41, 5.74) is -0.289. The van der Waals surface area contributed by atoms with Gasteiger partial charge in [-0.25, -0.2) is 4.79 Å². The summed E-state index contributed by atoms with van der Waals surface area (Å²) in [5, 5.41) is 3.12. The molecule has 7 nitrogen and oxygen atoms in total. The highest BCUT2D eigenvalue weighted by Gasteiger charge is 2.48. The minimum atomic E-state index is -4.44. The van der Waals surface area contributed by atoms with Gasteiger partial charge in [-0.05, 0) is 62.1 Å². The number of hydrogen-bond donors (Lipinski definition) is 1. The topological polar surface area (TPSA) is 77.1 Å². The predicted octanol–water partition coefficient (Wildman–Crippen LogP) is 4.37. The van der Waals surface area contributed by atoms with Crippen molar-refractivity contribution >= 4 is 11.9 Å². The molecule has 4 rings (SSSR count). The van der Waals surface area contributed by atoms with Gasteiger partial charge in [0.2, 0.25) is 5.91 Å². The molecular weight excluding hydrogens is 489 g/mol. The maximum Gasteiger partial charge on any atom is 0.416 e. The van der Waals surface area contributed by atoms with Crippen molar-refractivity contribution < 1.29 is 37.0 Å². The quantitative estimate of drug-likeness (QED) is 0.547. The number of benzene rings is 2. The molecule has 2 aliphatic rings. The Balaban J connectivity index is 1.44. The predicted molar refractivity (Wildman–Crippen MR) is 129 cm³/mol. The number of esters is 1. The molecule has 1 N–H and O–H groups in total. The highest BCUT2D eigenvalue weighted by Crippen LogP contribution is 2.35. The zero-order valence-electron chi connectivity index (χ0n) is 20.8. The van der Waals surface area contributed by atoms with Gasteiger partial charge in [0, 0.05) is 26.3 Å². The van der Waals surface area contributed by atoms with Gasteiger partial charge >= 0.3 is 12.1 Å². The minimum Gasteiger partial charge on any atom is -0.489 e. The smallest absolute Gasteiger partial charge is 0.416 e. The molecule has 10 heteroatoms. The molecule has 2 aromatic rings. The van der Waals surface area contributed by atoms with E-state index >= 15 is 0 Å². The number of nitrogens with zero attached hydrogens (tertiary/aromatic N) is 1. The second-order valence-electron chi connectivity index (χ2n) is 9.45. The lowest BCUT2D eigenvalue weighted by molar-refractivity contribution is -0.141. The van der Waals surface area contributed by atoms with E-state index in [2.05, 4.69) is 10.2 Å². The summed E-state index contributed by atoms with van der Waals surface area (Å²) >= 11 is 0. The first-order chi connectivity index (χ1) is 17.6. The van der Waals surface area contributed by atoms with Gasteiger partial charge in [-0.3, -0.25) is 9.69 Å². The van der Waals surface area contributed by atoms with Crippen molar-refractivity contribution in [3.8, 4) is 5.75 Å². The number of carbonyl (C=O) groups is 2. The van der Waals surface area contributed by atoms with E-state index in [1.165, 1.54) is 19.2 Å². The van der Waals surface area contributed by atoms with Gasteiger partial charge < -0.3 is 19.5 Å². The Labute approximate surface area is 213 Å². The number of carbonyl (C=O) groups excluding carboxylic acids is 2. The Morgan fingerprint density at radius 3 is 2.49 bits per heavy atom. The lowest BCUT2D eigenvalue weighted by Gasteiger charge is -2.43. The van der Waals surface area contributed by atoms with Crippen molar-refractivity contribution in [3.05, 3.63) is 65.2 Å². The summed E-state index contributed by atoms with van der Waals surface area (Å²) < 4.78 is 55.4. The molecular formula is C27H31F3N2O5. The first kappa shape index (κ1) is 26.9. The molecule has 0 radical (unpaired) electrons. The number of nitrogens with one attached hydrogen (secondary N) is 1. The van der Waals surface area contributed by atoms with Gasteiger partial charge in [0.05, 0.1) is 24.3 Å². The molecule has 0 spiro atoms. The Hall–Kier alpha value is -3.11. The fraction of sp³-hybridized carbons (Fsp3) is 0.481. The number of hydrogen-bond acceptors (Lipinski definition) is 6. The average molecular weight is 521 g/mol. The molecule has 2 aliphatic heterocycles. The molecule has 2 atom stereocenters. The van der Waals surface area contributed by atoms with E-state index in [0.29, 0.717) is 51.1 Å². The number of rotatable bonds is 7. The van der Waals surface area contributed by atoms with Crippen LogP contribution in [0.5, 0.6) is 5.75 Å². The van der Waals surface area contributed by atoms with Crippen LogP contribution < -0.4 is 10.1 Å². The average Bonchev–Trinajstić information content (AvgIpc) is 3.37. The Bertz CT molecular complexity index is 1100. The monoisotopic (exact) mass is 520 g/mol. The summed E-state index contributed by atoms with van der Waals surface area (Å²) in [6.45, 7) is 3.75. The van der Waals surface area contributed by atoms with Crippen molar-refractivity contribution in [1.82, 2.24) is 10.2 Å². The summed E-state index contributed by atoms with van der Waals surface area (Å²) in [5.74, 6) is -0.392. The van der Waals surface area contributed by atoms with Crippen LogP contribution in [0.15, 0.2) is 48.5 Å². The number of amides is 1. The molecule has 0 bridgehead atoms. The lowest BCUT2D eigenvalue weighted by Crippen LogP contribution is -2.61. The van der Waals surface area contributed by atoms with E-state index in [1.807, 2.05) is 6.92 Å². The molecule has 0 aromatic heterocycles. The van der Waals surface area contributed by atoms with Crippen LogP contribution in [0, 0.1) is 0 Å². The number of likely N-dealkylation sites (tertiary alicyclic amines) is 1. The molecule has 0 saturated carbocycles. The minimum absolute atomic E-state index is 0.125. The second kappa shape index (κ2) is 11.1. The van der Waals surface area contributed by atoms with Gasteiger partial charge in [0.15, 0.2) is 0 Å². The first-order valence-electron chi connectivity index (χ1n) is 12.3. The van der Waals surface area contributed by atoms with Crippen LogP contribution in [0.1, 0.15) is 53.7 Å². The van der Waals surface area contributed by atoms with Crippen molar-refractivity contribution in [3.63, 3.8) is 0 Å². The maximum absolute atomic E-state index is 13.7. The highest BCUT2D eigenvalue weighted by atomic mass is 19.4. The van der Waals surface area contributed by atoms with Crippen molar-refractivity contribution in [2.75, 3.05) is 33.4 Å². The molecule has 1 amide bonds. The van der Waals surface area contributed by atoms with E-state index in [0.717, 1.165) is 17.7 Å². The van der Waals surface area contributed by atoms with Gasteiger partial charge in [0.25, 0.3) is 0 Å². The highest BCUT2D eigenvalue weighted by molar-refractivity contribution is 5.89. The van der Waals surface area contributed by atoms with E-state index < -0.39 is 23.2 Å². The fourth-order valence-electron chi connectivity index (χ4n) is 4.99. The summed E-state index contributed by atoms with van der Waals surface area (Å²) in [6.07, 6.45) is -3.18. The second-order valence-corrected chi connectivity index (χ2v) is 9.45. The number of halogens is 3. The molecule has 2 aromatic carbocycles. The molecule has 0 aliphatic carbocycles. The molecule has 37 heavy (non-hydrogen) atoms. The first-order valence-corrected chi connectivity index (χ1v) is 12.3. The SMILES string of the molecule is COC(=O)c1ccc(C(C)NC(=O)C2(N3CC[C@@H](Oc4cccc(C(F)(F)F)c4)C3)CCOCC2)cc1. The van der Waals surface area contributed by atoms with Gasteiger partial charge in [-0.2, -0.15) is 13.2 Å². The maximum atomic E-state index is 13.7. The Morgan fingerprint density at radius 2 is 1.84 bits per heavy atom. The lowest BCUT2D eigenvalue weighted by atomic mass is 9.86. The van der Waals surface area contributed by atoms with Gasteiger partial charge in [-0.15, -0.1) is 0 Å². The van der Waals surface area contributed by atoms with Crippen LogP contribution in [0.3, 0.4) is 0 Å². The third kappa shape index (κ3) is 6.07. The number of ether oxygens (including phenoxy) is 3. The molecule has 200 valence electrons. The summed E-state index contributed by atoms with van der Waals surface area (Å²) in [4.78, 5) is 27.5. The normalized spacial score (nSPS) is 20.7. The molecule has 2 fully saturated rings.